The van der Waals surface area contributed by atoms with Gasteiger partial charge in [0.2, 0.25) is 0 Å². The molecule has 0 aliphatic carbocycles. The first-order chi connectivity index (χ1) is 8.97. The predicted molar refractivity (Wildman–Crippen MR) is 75.7 cm³/mol. The third-order valence-electron chi connectivity index (χ3n) is 3.15. The molecular weight excluding hydrogens is 238 g/mol. The normalized spacial score (nSPS) is 10.5. The molecule has 3 nitrogen and oxygen atoms in total. The standard InChI is InChI=1S/C16H17NO2/c1-11-4-5-14(13(3)8-11)15(18)10-17-7-6-12(2)9-16(17)19/h4-9H,10H2,1-3H3. The minimum atomic E-state index is -0.141. The fraction of sp³-hybridized carbons (Fsp3) is 0.250. The summed E-state index contributed by atoms with van der Waals surface area (Å²) in [6, 6.07) is 9.08. The number of rotatable bonds is 3. The van der Waals surface area contributed by atoms with Gasteiger partial charge in [-0.3, -0.25) is 9.59 Å². The van der Waals surface area contributed by atoms with E-state index in [-0.39, 0.29) is 17.9 Å². The number of carbonyl (C=O) groups is 1. The highest BCUT2D eigenvalue weighted by Gasteiger charge is 2.10. The first-order valence-corrected chi connectivity index (χ1v) is 6.25. The van der Waals surface area contributed by atoms with Gasteiger partial charge in [0, 0.05) is 17.8 Å². The van der Waals surface area contributed by atoms with Crippen molar-refractivity contribution >= 4 is 5.78 Å². The molecule has 0 spiro atoms. The number of benzene rings is 1. The molecular formula is C16H17NO2. The van der Waals surface area contributed by atoms with Gasteiger partial charge in [0.15, 0.2) is 5.78 Å². The van der Waals surface area contributed by atoms with Crippen molar-refractivity contribution in [3.63, 3.8) is 0 Å². The van der Waals surface area contributed by atoms with Crippen LogP contribution in [-0.4, -0.2) is 10.4 Å². The molecule has 1 aromatic heterocycles. The molecule has 0 saturated carbocycles. The van der Waals surface area contributed by atoms with E-state index in [2.05, 4.69) is 0 Å². The highest BCUT2D eigenvalue weighted by atomic mass is 16.1. The Balaban J connectivity index is 2.28. The van der Waals surface area contributed by atoms with Crippen molar-refractivity contribution in [1.82, 2.24) is 4.57 Å². The second-order valence-corrected chi connectivity index (χ2v) is 4.91. The largest absolute Gasteiger partial charge is 0.308 e. The van der Waals surface area contributed by atoms with Crippen molar-refractivity contribution in [2.45, 2.75) is 27.3 Å². The molecule has 0 unspecified atom stereocenters. The maximum atomic E-state index is 12.2. The minimum Gasteiger partial charge on any atom is -0.308 e. The van der Waals surface area contributed by atoms with Gasteiger partial charge in [0.05, 0.1) is 6.54 Å². The Bertz CT molecular complexity index is 683. The van der Waals surface area contributed by atoms with E-state index in [9.17, 15) is 9.59 Å². The number of pyridine rings is 1. The molecule has 19 heavy (non-hydrogen) atoms. The second-order valence-electron chi connectivity index (χ2n) is 4.91. The van der Waals surface area contributed by atoms with E-state index in [0.717, 1.165) is 16.7 Å². The Morgan fingerprint density at radius 2 is 1.74 bits per heavy atom. The number of carbonyl (C=O) groups excluding carboxylic acids is 1. The van der Waals surface area contributed by atoms with Gasteiger partial charge in [-0.25, -0.2) is 0 Å². The number of hydrogen-bond acceptors (Lipinski definition) is 2. The maximum absolute atomic E-state index is 12.2. The minimum absolute atomic E-state index is 0.0385. The van der Waals surface area contributed by atoms with Crippen molar-refractivity contribution < 1.29 is 4.79 Å². The van der Waals surface area contributed by atoms with Crippen LogP contribution >= 0.6 is 0 Å². The first kappa shape index (κ1) is 13.3. The molecule has 2 rings (SSSR count). The van der Waals surface area contributed by atoms with Crippen LogP contribution < -0.4 is 5.56 Å². The molecule has 0 amide bonds. The average Bonchev–Trinajstić information content (AvgIpc) is 2.32. The van der Waals surface area contributed by atoms with Gasteiger partial charge in [-0.1, -0.05) is 23.8 Å². The van der Waals surface area contributed by atoms with E-state index in [1.54, 1.807) is 6.20 Å². The number of hydrogen-bond donors (Lipinski definition) is 0. The van der Waals surface area contributed by atoms with Gasteiger partial charge in [-0.15, -0.1) is 0 Å². The summed E-state index contributed by atoms with van der Waals surface area (Å²) in [6.45, 7) is 5.85. The van der Waals surface area contributed by atoms with Gasteiger partial charge in [-0.2, -0.15) is 0 Å². The fourth-order valence-corrected chi connectivity index (χ4v) is 2.10. The molecule has 0 radical (unpaired) electrons. The zero-order chi connectivity index (χ0) is 14.0. The molecule has 0 bridgehead atoms. The molecule has 0 aliphatic rings. The summed E-state index contributed by atoms with van der Waals surface area (Å²) in [5, 5.41) is 0. The van der Waals surface area contributed by atoms with Gasteiger partial charge in [0.1, 0.15) is 0 Å². The predicted octanol–water partition coefficient (Wildman–Crippen LogP) is 2.66. The Morgan fingerprint density at radius 1 is 1.05 bits per heavy atom. The summed E-state index contributed by atoms with van der Waals surface area (Å²) in [5.74, 6) is -0.0385. The highest BCUT2D eigenvalue weighted by molar-refractivity contribution is 5.97. The molecule has 2 aromatic rings. The SMILES string of the molecule is Cc1ccc(C(=O)Cn2ccc(C)cc2=O)c(C)c1. The Hall–Kier alpha value is -2.16. The zero-order valence-electron chi connectivity index (χ0n) is 11.4. The topological polar surface area (TPSA) is 39.1 Å². The van der Waals surface area contributed by atoms with E-state index in [0.29, 0.717) is 5.56 Å². The summed E-state index contributed by atoms with van der Waals surface area (Å²) < 4.78 is 1.44. The third-order valence-corrected chi connectivity index (χ3v) is 3.15. The third kappa shape index (κ3) is 2.99. The quantitative estimate of drug-likeness (QED) is 0.791. The van der Waals surface area contributed by atoms with Crippen molar-refractivity contribution in [3.05, 3.63) is 69.1 Å². The van der Waals surface area contributed by atoms with Crippen molar-refractivity contribution in [3.8, 4) is 0 Å². The van der Waals surface area contributed by atoms with Crippen molar-refractivity contribution in [2.24, 2.45) is 0 Å². The summed E-state index contributed by atoms with van der Waals surface area (Å²) >= 11 is 0. The van der Waals surface area contributed by atoms with Crippen LogP contribution in [0.5, 0.6) is 0 Å². The van der Waals surface area contributed by atoms with Crippen LogP contribution in [0.2, 0.25) is 0 Å². The van der Waals surface area contributed by atoms with E-state index < -0.39 is 0 Å². The van der Waals surface area contributed by atoms with Crippen LogP contribution in [0.15, 0.2) is 41.3 Å². The van der Waals surface area contributed by atoms with Crippen LogP contribution in [0.25, 0.3) is 0 Å². The van der Waals surface area contributed by atoms with Gasteiger partial charge >= 0.3 is 0 Å². The zero-order valence-corrected chi connectivity index (χ0v) is 11.4. The lowest BCUT2D eigenvalue weighted by Crippen LogP contribution is -2.23. The molecule has 0 atom stereocenters. The Labute approximate surface area is 112 Å². The number of ketones is 1. The van der Waals surface area contributed by atoms with Gasteiger partial charge < -0.3 is 4.57 Å². The van der Waals surface area contributed by atoms with Gasteiger partial charge in [0.25, 0.3) is 5.56 Å². The van der Waals surface area contributed by atoms with E-state index in [4.69, 9.17) is 0 Å². The molecule has 98 valence electrons. The van der Waals surface area contributed by atoms with Crippen LogP contribution in [0.3, 0.4) is 0 Å². The van der Waals surface area contributed by atoms with E-state index in [1.807, 2.05) is 45.0 Å². The summed E-state index contributed by atoms with van der Waals surface area (Å²) in [7, 11) is 0. The number of Topliss-reactive ketones (excluding diaryl/α,β-unsaturated/α-hetero) is 1. The van der Waals surface area contributed by atoms with Crippen LogP contribution in [0.1, 0.15) is 27.0 Å². The molecule has 0 saturated heterocycles. The lowest BCUT2D eigenvalue weighted by Gasteiger charge is -2.08. The second kappa shape index (κ2) is 5.22. The molecule has 1 aromatic carbocycles. The maximum Gasteiger partial charge on any atom is 0.251 e. The summed E-state index contributed by atoms with van der Waals surface area (Å²) in [6.07, 6.45) is 1.67. The first-order valence-electron chi connectivity index (χ1n) is 6.25. The average molecular weight is 255 g/mol. The fourth-order valence-electron chi connectivity index (χ4n) is 2.10. The van der Waals surface area contributed by atoms with E-state index >= 15 is 0 Å². The number of aromatic nitrogens is 1. The lowest BCUT2D eigenvalue weighted by atomic mass is 10.0. The van der Waals surface area contributed by atoms with Crippen molar-refractivity contribution in [2.75, 3.05) is 0 Å². The van der Waals surface area contributed by atoms with Gasteiger partial charge in [-0.05, 0) is 38.0 Å². The lowest BCUT2D eigenvalue weighted by molar-refractivity contribution is 0.0970. The van der Waals surface area contributed by atoms with Crippen LogP contribution in [0.4, 0.5) is 0 Å². The molecule has 0 N–H and O–H groups in total. The molecule has 0 fully saturated rings. The summed E-state index contributed by atoms with van der Waals surface area (Å²) in [5.41, 5.74) is 3.52. The number of nitrogens with zero attached hydrogens (tertiary/aromatic N) is 1. The van der Waals surface area contributed by atoms with Crippen LogP contribution in [0, 0.1) is 20.8 Å². The van der Waals surface area contributed by atoms with Crippen LogP contribution in [-0.2, 0) is 6.54 Å². The Morgan fingerprint density at radius 3 is 2.37 bits per heavy atom. The number of aryl methyl sites for hydroxylation is 3. The molecule has 0 aliphatic heterocycles. The molecule has 1 heterocycles. The monoisotopic (exact) mass is 255 g/mol. The molecule has 3 heteroatoms. The Kier molecular flexibility index (Phi) is 3.65. The van der Waals surface area contributed by atoms with E-state index in [1.165, 1.54) is 10.6 Å². The summed E-state index contributed by atoms with van der Waals surface area (Å²) in [4.78, 5) is 24.0. The van der Waals surface area contributed by atoms with Crippen molar-refractivity contribution in [1.29, 1.82) is 0 Å². The highest BCUT2D eigenvalue weighted by Crippen LogP contribution is 2.11. The smallest absolute Gasteiger partial charge is 0.251 e.